The second-order valence-corrected chi connectivity index (χ2v) is 6.69. The number of rotatable bonds is 8. The Morgan fingerprint density at radius 3 is 2.37 bits per heavy atom. The molecule has 2 heteroatoms. The highest BCUT2D eigenvalue weighted by molar-refractivity contribution is 5.86. The SMILES string of the molecule is CCCC1CC(CCOC)CC1C(=O)C1CC1CC. The summed E-state index contributed by atoms with van der Waals surface area (Å²) in [6.07, 6.45) is 8.36. The van der Waals surface area contributed by atoms with Gasteiger partial charge in [-0.15, -0.1) is 0 Å². The summed E-state index contributed by atoms with van der Waals surface area (Å²) in [7, 11) is 1.77. The van der Waals surface area contributed by atoms with Crippen LogP contribution in [-0.4, -0.2) is 19.5 Å². The maximum atomic E-state index is 12.7. The summed E-state index contributed by atoms with van der Waals surface area (Å²) in [5.74, 6) is 3.53. The van der Waals surface area contributed by atoms with Crippen LogP contribution in [0.15, 0.2) is 0 Å². The topological polar surface area (TPSA) is 26.3 Å². The van der Waals surface area contributed by atoms with E-state index in [2.05, 4.69) is 13.8 Å². The third-order valence-electron chi connectivity index (χ3n) is 5.36. The number of methoxy groups -OCH3 is 1. The minimum atomic E-state index is 0.378. The fourth-order valence-electron chi connectivity index (χ4n) is 4.12. The van der Waals surface area contributed by atoms with E-state index in [-0.39, 0.29) is 0 Å². The Morgan fingerprint density at radius 2 is 1.79 bits per heavy atom. The van der Waals surface area contributed by atoms with Gasteiger partial charge < -0.3 is 4.74 Å². The molecule has 0 N–H and O–H groups in total. The first-order valence-electron chi connectivity index (χ1n) is 8.23. The summed E-state index contributed by atoms with van der Waals surface area (Å²) in [6, 6.07) is 0. The van der Waals surface area contributed by atoms with Crippen molar-refractivity contribution in [2.75, 3.05) is 13.7 Å². The third-order valence-corrected chi connectivity index (χ3v) is 5.36. The molecular weight excluding hydrogens is 236 g/mol. The number of ether oxygens (including phenoxy) is 1. The Balaban J connectivity index is 1.90. The molecule has 0 spiro atoms. The summed E-state index contributed by atoms with van der Waals surface area (Å²) >= 11 is 0. The van der Waals surface area contributed by atoms with Crippen LogP contribution in [0.1, 0.15) is 58.8 Å². The van der Waals surface area contributed by atoms with E-state index in [9.17, 15) is 4.79 Å². The molecule has 2 nitrogen and oxygen atoms in total. The zero-order valence-corrected chi connectivity index (χ0v) is 12.9. The predicted molar refractivity (Wildman–Crippen MR) is 78.0 cm³/mol. The van der Waals surface area contributed by atoms with Gasteiger partial charge in [0.25, 0.3) is 0 Å². The van der Waals surface area contributed by atoms with Crippen LogP contribution in [-0.2, 0) is 9.53 Å². The summed E-state index contributed by atoms with van der Waals surface area (Å²) in [5.41, 5.74) is 0. The molecule has 2 aliphatic rings. The first-order chi connectivity index (χ1) is 9.21. The molecule has 0 aromatic rings. The van der Waals surface area contributed by atoms with Crippen molar-refractivity contribution in [3.63, 3.8) is 0 Å². The van der Waals surface area contributed by atoms with Crippen molar-refractivity contribution in [3.05, 3.63) is 0 Å². The number of hydrogen-bond acceptors (Lipinski definition) is 2. The lowest BCUT2D eigenvalue weighted by Gasteiger charge is -2.17. The molecule has 0 bridgehead atoms. The molecule has 0 radical (unpaired) electrons. The summed E-state index contributed by atoms with van der Waals surface area (Å²) in [4.78, 5) is 12.7. The summed E-state index contributed by atoms with van der Waals surface area (Å²) in [6.45, 7) is 5.32. The van der Waals surface area contributed by atoms with Gasteiger partial charge in [-0.05, 0) is 43.4 Å². The molecule has 0 saturated heterocycles. The van der Waals surface area contributed by atoms with E-state index in [1.165, 1.54) is 32.1 Å². The number of Topliss-reactive ketones (excluding diaryl/α,β-unsaturated/α-hetero) is 1. The van der Waals surface area contributed by atoms with Crippen molar-refractivity contribution in [2.45, 2.75) is 58.8 Å². The average Bonchev–Trinajstić information content (AvgIpc) is 3.10. The van der Waals surface area contributed by atoms with Crippen molar-refractivity contribution in [1.82, 2.24) is 0 Å². The standard InChI is InChI=1S/C17H30O2/c1-4-6-14-9-12(7-8-19-3)10-15(14)17(18)16-11-13(16)5-2/h12-16H,4-11H2,1-3H3. The molecule has 2 rings (SSSR count). The van der Waals surface area contributed by atoms with Gasteiger partial charge in [0.15, 0.2) is 0 Å². The van der Waals surface area contributed by atoms with Crippen LogP contribution >= 0.6 is 0 Å². The van der Waals surface area contributed by atoms with Crippen LogP contribution in [0, 0.1) is 29.6 Å². The Hall–Kier alpha value is -0.370. The van der Waals surface area contributed by atoms with Gasteiger partial charge in [0.2, 0.25) is 0 Å². The van der Waals surface area contributed by atoms with Gasteiger partial charge >= 0.3 is 0 Å². The lowest BCUT2D eigenvalue weighted by Crippen LogP contribution is -2.21. The normalized spacial score (nSPS) is 37.5. The number of carbonyl (C=O) groups excluding carboxylic acids is 1. The molecule has 2 fully saturated rings. The lowest BCUT2D eigenvalue weighted by atomic mass is 9.86. The molecule has 0 aliphatic heterocycles. The number of carbonyl (C=O) groups is 1. The minimum Gasteiger partial charge on any atom is -0.385 e. The molecule has 0 aromatic heterocycles. The molecule has 0 heterocycles. The minimum absolute atomic E-state index is 0.378. The lowest BCUT2D eigenvalue weighted by molar-refractivity contribution is -0.125. The van der Waals surface area contributed by atoms with Crippen molar-refractivity contribution >= 4 is 5.78 Å². The van der Waals surface area contributed by atoms with Gasteiger partial charge in [0.05, 0.1) is 0 Å². The van der Waals surface area contributed by atoms with Gasteiger partial charge in [-0.25, -0.2) is 0 Å². The van der Waals surface area contributed by atoms with E-state index < -0.39 is 0 Å². The molecule has 2 aliphatic carbocycles. The van der Waals surface area contributed by atoms with E-state index in [1.807, 2.05) is 0 Å². The van der Waals surface area contributed by atoms with Crippen molar-refractivity contribution < 1.29 is 9.53 Å². The van der Waals surface area contributed by atoms with E-state index in [4.69, 9.17) is 4.74 Å². The fourth-order valence-corrected chi connectivity index (χ4v) is 4.12. The molecule has 2 saturated carbocycles. The highest BCUT2D eigenvalue weighted by Gasteiger charge is 2.47. The average molecular weight is 266 g/mol. The Labute approximate surface area is 118 Å². The van der Waals surface area contributed by atoms with Crippen LogP contribution in [0.5, 0.6) is 0 Å². The van der Waals surface area contributed by atoms with E-state index in [0.717, 1.165) is 25.4 Å². The number of hydrogen-bond donors (Lipinski definition) is 0. The van der Waals surface area contributed by atoms with Crippen molar-refractivity contribution in [3.8, 4) is 0 Å². The second kappa shape index (κ2) is 6.88. The van der Waals surface area contributed by atoms with Crippen LogP contribution in [0.4, 0.5) is 0 Å². The van der Waals surface area contributed by atoms with Crippen molar-refractivity contribution in [1.29, 1.82) is 0 Å². The van der Waals surface area contributed by atoms with E-state index >= 15 is 0 Å². The van der Waals surface area contributed by atoms with Crippen LogP contribution in [0.2, 0.25) is 0 Å². The highest BCUT2D eigenvalue weighted by Crippen LogP contribution is 2.49. The summed E-state index contributed by atoms with van der Waals surface area (Å²) < 4.78 is 5.20. The quantitative estimate of drug-likeness (QED) is 0.661. The van der Waals surface area contributed by atoms with Crippen LogP contribution < -0.4 is 0 Å². The smallest absolute Gasteiger partial charge is 0.139 e. The van der Waals surface area contributed by atoms with Gasteiger partial charge in [-0.3, -0.25) is 4.79 Å². The van der Waals surface area contributed by atoms with E-state index in [1.54, 1.807) is 7.11 Å². The Morgan fingerprint density at radius 1 is 1.05 bits per heavy atom. The predicted octanol–water partition coefficient (Wildman–Crippen LogP) is 4.08. The maximum Gasteiger partial charge on any atom is 0.139 e. The number of ketones is 1. The Bertz CT molecular complexity index is 300. The summed E-state index contributed by atoms with van der Waals surface area (Å²) in [5, 5.41) is 0. The van der Waals surface area contributed by atoms with Crippen LogP contribution in [0.3, 0.4) is 0 Å². The zero-order valence-electron chi connectivity index (χ0n) is 12.9. The maximum absolute atomic E-state index is 12.7. The second-order valence-electron chi connectivity index (χ2n) is 6.69. The van der Waals surface area contributed by atoms with E-state index in [0.29, 0.717) is 29.5 Å². The van der Waals surface area contributed by atoms with Crippen LogP contribution in [0.25, 0.3) is 0 Å². The van der Waals surface area contributed by atoms with Gasteiger partial charge in [-0.1, -0.05) is 33.1 Å². The molecule has 5 unspecified atom stereocenters. The molecule has 0 aromatic carbocycles. The zero-order chi connectivity index (χ0) is 13.8. The largest absolute Gasteiger partial charge is 0.385 e. The molecule has 0 amide bonds. The first kappa shape index (κ1) is 15.0. The molecule has 5 atom stereocenters. The Kier molecular flexibility index (Phi) is 5.44. The molecule has 19 heavy (non-hydrogen) atoms. The monoisotopic (exact) mass is 266 g/mol. The molecule has 110 valence electrons. The van der Waals surface area contributed by atoms with Gasteiger partial charge in [-0.2, -0.15) is 0 Å². The highest BCUT2D eigenvalue weighted by atomic mass is 16.5. The fraction of sp³-hybridized carbons (Fsp3) is 0.941. The third kappa shape index (κ3) is 3.59. The van der Waals surface area contributed by atoms with Gasteiger partial charge in [0.1, 0.15) is 5.78 Å². The molecular formula is C17H30O2. The van der Waals surface area contributed by atoms with Gasteiger partial charge in [0, 0.05) is 25.6 Å². The first-order valence-corrected chi connectivity index (χ1v) is 8.23. The van der Waals surface area contributed by atoms with Crippen molar-refractivity contribution in [2.24, 2.45) is 29.6 Å².